The molecule has 0 aromatic carbocycles. The van der Waals surface area contributed by atoms with Crippen LogP contribution >= 0.6 is 0 Å². The van der Waals surface area contributed by atoms with Gasteiger partial charge in [0.1, 0.15) is 12.1 Å². The minimum Gasteiger partial charge on any atom is -0.480 e. The van der Waals surface area contributed by atoms with E-state index in [4.69, 9.17) is 10.2 Å². The van der Waals surface area contributed by atoms with Gasteiger partial charge in [0.25, 0.3) is 0 Å². The van der Waals surface area contributed by atoms with Crippen molar-refractivity contribution in [3.8, 4) is 0 Å². The van der Waals surface area contributed by atoms with Crippen molar-refractivity contribution in [3.63, 3.8) is 0 Å². The quantitative estimate of drug-likeness (QED) is 0.553. The third kappa shape index (κ3) is 1.19. The maximum absolute atomic E-state index is 10.3. The van der Waals surface area contributed by atoms with Crippen LogP contribution in [0, 0.1) is 0 Å². The second kappa shape index (κ2) is 2.50. The molecule has 11 heavy (non-hydrogen) atoms. The summed E-state index contributed by atoms with van der Waals surface area (Å²) < 4.78 is 0. The summed E-state index contributed by atoms with van der Waals surface area (Å²) in [6.07, 6.45) is 0.209. The topological polar surface area (TPSA) is 77.8 Å². The van der Waals surface area contributed by atoms with Crippen LogP contribution in [0.15, 0.2) is 0 Å². The molecule has 1 rings (SSSR count). The number of rotatable bonds is 2. The van der Waals surface area contributed by atoms with Crippen molar-refractivity contribution in [2.24, 2.45) is 0 Å². The molecule has 0 aromatic heterocycles. The maximum Gasteiger partial charge on any atom is 0.321 e. The average Bonchev–Trinajstić information content (AvgIpc) is 1.82. The fourth-order valence-electron chi connectivity index (χ4n) is 1.17. The molecule has 2 atom stereocenters. The van der Waals surface area contributed by atoms with Gasteiger partial charge in [-0.3, -0.25) is 14.5 Å². The Kier molecular flexibility index (Phi) is 1.82. The molecule has 2 N–H and O–H groups in total. The largest absolute Gasteiger partial charge is 0.480 e. The molecular formula is C6H9NO4. The normalized spacial score (nSPS) is 31.0. The molecule has 1 saturated heterocycles. The number of likely N-dealkylation sites (tertiary alicyclic amines) is 1. The van der Waals surface area contributed by atoms with Crippen LogP contribution in [0.4, 0.5) is 0 Å². The van der Waals surface area contributed by atoms with Crippen LogP contribution in [0.2, 0.25) is 0 Å². The Labute approximate surface area is 63.2 Å². The number of likely N-dealkylation sites (N-methyl/N-ethyl adjacent to an activating group) is 1. The highest BCUT2D eigenvalue weighted by molar-refractivity contribution is 5.82. The first kappa shape index (κ1) is 8.00. The highest BCUT2D eigenvalue weighted by Crippen LogP contribution is 2.23. The Bertz CT molecular complexity index is 183. The summed E-state index contributed by atoms with van der Waals surface area (Å²) in [5.74, 6) is -1.91. The number of hydrogen-bond acceptors (Lipinski definition) is 3. The Hall–Kier alpha value is -1.10. The maximum atomic E-state index is 10.3. The molecule has 5 heteroatoms. The van der Waals surface area contributed by atoms with Gasteiger partial charge >= 0.3 is 11.9 Å². The standard InChI is InChI=1S/C6H9NO4/c1-7-3(5(8)9)2-4(7)6(10)11/h3-4H,2H2,1H3,(H,8,9)(H,10,11)/t3-,4-/m0/s1. The van der Waals surface area contributed by atoms with Crippen molar-refractivity contribution in [2.75, 3.05) is 7.05 Å². The van der Waals surface area contributed by atoms with Gasteiger partial charge in [0.05, 0.1) is 0 Å². The van der Waals surface area contributed by atoms with Crippen LogP contribution in [0.25, 0.3) is 0 Å². The van der Waals surface area contributed by atoms with E-state index in [-0.39, 0.29) is 6.42 Å². The molecule has 0 amide bonds. The van der Waals surface area contributed by atoms with E-state index in [0.29, 0.717) is 0 Å². The van der Waals surface area contributed by atoms with Gasteiger partial charge in [-0.15, -0.1) is 0 Å². The van der Waals surface area contributed by atoms with E-state index >= 15 is 0 Å². The number of carboxylic acids is 2. The molecular weight excluding hydrogens is 150 g/mol. The number of nitrogens with zero attached hydrogens (tertiary/aromatic N) is 1. The molecule has 1 heterocycles. The van der Waals surface area contributed by atoms with E-state index in [1.165, 1.54) is 11.9 Å². The van der Waals surface area contributed by atoms with Gasteiger partial charge < -0.3 is 10.2 Å². The average molecular weight is 159 g/mol. The molecule has 0 aromatic rings. The van der Waals surface area contributed by atoms with Gasteiger partial charge in [-0.25, -0.2) is 0 Å². The van der Waals surface area contributed by atoms with Crippen LogP contribution < -0.4 is 0 Å². The molecule has 0 spiro atoms. The molecule has 0 unspecified atom stereocenters. The van der Waals surface area contributed by atoms with Gasteiger partial charge in [0, 0.05) is 0 Å². The monoisotopic (exact) mass is 159 g/mol. The lowest BCUT2D eigenvalue weighted by molar-refractivity contribution is -0.160. The van der Waals surface area contributed by atoms with Crippen molar-refractivity contribution in [1.82, 2.24) is 4.90 Å². The predicted octanol–water partition coefficient (Wildman–Crippen LogP) is -0.772. The zero-order chi connectivity index (χ0) is 8.59. The van der Waals surface area contributed by atoms with Crippen molar-refractivity contribution < 1.29 is 19.8 Å². The second-order valence-corrected chi connectivity index (χ2v) is 2.61. The van der Waals surface area contributed by atoms with Crippen LogP contribution in [-0.4, -0.2) is 46.2 Å². The van der Waals surface area contributed by atoms with Gasteiger partial charge in [-0.2, -0.15) is 0 Å². The van der Waals surface area contributed by atoms with E-state index in [0.717, 1.165) is 0 Å². The van der Waals surface area contributed by atoms with E-state index in [9.17, 15) is 9.59 Å². The smallest absolute Gasteiger partial charge is 0.321 e. The molecule has 1 aliphatic heterocycles. The summed E-state index contributed by atoms with van der Waals surface area (Å²) in [5.41, 5.74) is 0. The molecule has 1 aliphatic rings. The molecule has 0 saturated carbocycles. The van der Waals surface area contributed by atoms with Crippen molar-refractivity contribution in [2.45, 2.75) is 18.5 Å². The van der Waals surface area contributed by atoms with Crippen molar-refractivity contribution in [1.29, 1.82) is 0 Å². The van der Waals surface area contributed by atoms with E-state index < -0.39 is 24.0 Å². The lowest BCUT2D eigenvalue weighted by Crippen LogP contribution is -2.60. The molecule has 5 nitrogen and oxygen atoms in total. The SMILES string of the molecule is CN1[C@H](C(=O)O)C[C@H]1C(=O)O. The van der Waals surface area contributed by atoms with Crippen molar-refractivity contribution >= 4 is 11.9 Å². The van der Waals surface area contributed by atoms with Crippen molar-refractivity contribution in [3.05, 3.63) is 0 Å². The minimum atomic E-state index is -0.954. The molecule has 62 valence electrons. The fourth-order valence-corrected chi connectivity index (χ4v) is 1.17. The lowest BCUT2D eigenvalue weighted by Gasteiger charge is -2.40. The Morgan fingerprint density at radius 3 is 1.82 bits per heavy atom. The number of carbonyl (C=O) groups is 2. The third-order valence-electron chi connectivity index (χ3n) is 2.00. The summed E-state index contributed by atoms with van der Waals surface area (Å²) in [6.45, 7) is 0. The highest BCUT2D eigenvalue weighted by Gasteiger charge is 2.44. The van der Waals surface area contributed by atoms with Crippen LogP contribution in [-0.2, 0) is 9.59 Å². The van der Waals surface area contributed by atoms with Crippen LogP contribution in [0.3, 0.4) is 0 Å². The molecule has 0 radical (unpaired) electrons. The number of aliphatic carboxylic acids is 2. The molecule has 1 fully saturated rings. The predicted molar refractivity (Wildman–Crippen MR) is 35.2 cm³/mol. The third-order valence-corrected chi connectivity index (χ3v) is 2.00. The van der Waals surface area contributed by atoms with E-state index in [1.807, 2.05) is 0 Å². The van der Waals surface area contributed by atoms with Gasteiger partial charge in [-0.1, -0.05) is 0 Å². The summed E-state index contributed by atoms with van der Waals surface area (Å²) in [7, 11) is 1.50. The Morgan fingerprint density at radius 2 is 1.64 bits per heavy atom. The minimum absolute atomic E-state index is 0.209. The summed E-state index contributed by atoms with van der Waals surface area (Å²) >= 11 is 0. The first-order chi connectivity index (χ1) is 5.04. The molecule has 0 aliphatic carbocycles. The van der Waals surface area contributed by atoms with Gasteiger partial charge in [-0.05, 0) is 13.5 Å². The van der Waals surface area contributed by atoms with Crippen LogP contribution in [0.1, 0.15) is 6.42 Å². The fraction of sp³-hybridized carbons (Fsp3) is 0.667. The Balaban J connectivity index is 2.50. The van der Waals surface area contributed by atoms with Gasteiger partial charge in [0.2, 0.25) is 0 Å². The molecule has 0 bridgehead atoms. The van der Waals surface area contributed by atoms with E-state index in [2.05, 4.69) is 0 Å². The highest BCUT2D eigenvalue weighted by atomic mass is 16.4. The summed E-state index contributed by atoms with van der Waals surface area (Å²) in [6, 6.07) is -1.23. The summed E-state index contributed by atoms with van der Waals surface area (Å²) in [5, 5.41) is 16.9. The summed E-state index contributed by atoms with van der Waals surface area (Å²) in [4.78, 5) is 22.0. The number of carboxylic acid groups (broad SMARTS) is 2. The van der Waals surface area contributed by atoms with Gasteiger partial charge in [0.15, 0.2) is 0 Å². The zero-order valence-electron chi connectivity index (χ0n) is 6.02. The zero-order valence-corrected chi connectivity index (χ0v) is 6.02. The lowest BCUT2D eigenvalue weighted by atomic mass is 9.94. The first-order valence-corrected chi connectivity index (χ1v) is 3.21. The van der Waals surface area contributed by atoms with Crippen LogP contribution in [0.5, 0.6) is 0 Å². The number of hydrogen-bond donors (Lipinski definition) is 2. The second-order valence-electron chi connectivity index (χ2n) is 2.61. The van der Waals surface area contributed by atoms with E-state index in [1.54, 1.807) is 0 Å². The first-order valence-electron chi connectivity index (χ1n) is 3.21. The Morgan fingerprint density at radius 1 is 1.27 bits per heavy atom.